The topological polar surface area (TPSA) is 47.6 Å². The molecule has 0 aromatic rings. The van der Waals surface area contributed by atoms with E-state index in [0.717, 1.165) is 13.0 Å². The Kier molecular flexibility index (Phi) is 2.07. The van der Waals surface area contributed by atoms with Gasteiger partial charge in [0.05, 0.1) is 6.54 Å². The minimum atomic E-state index is 0.204. The fraction of sp³-hybridized carbons (Fsp3) is 0.875. The molecule has 0 amide bonds. The van der Waals surface area contributed by atoms with Gasteiger partial charge in [0.1, 0.15) is 6.10 Å². The molecule has 0 aliphatic carbocycles. The summed E-state index contributed by atoms with van der Waals surface area (Å²) in [4.78, 5) is 3.97. The molecule has 1 rings (SSSR count). The Balaban J connectivity index is 2.32. The predicted octanol–water partition coefficient (Wildman–Crippen LogP) is 1.14. The van der Waals surface area contributed by atoms with E-state index in [4.69, 9.17) is 10.5 Å². The van der Waals surface area contributed by atoms with Crippen molar-refractivity contribution < 1.29 is 4.74 Å². The van der Waals surface area contributed by atoms with Crippen molar-refractivity contribution >= 4 is 6.02 Å². The molecule has 3 nitrogen and oxygen atoms in total. The molecule has 11 heavy (non-hydrogen) atoms. The molecule has 64 valence electrons. The van der Waals surface area contributed by atoms with Crippen LogP contribution in [0.3, 0.4) is 0 Å². The van der Waals surface area contributed by atoms with Crippen LogP contribution < -0.4 is 5.73 Å². The van der Waals surface area contributed by atoms with Gasteiger partial charge < -0.3 is 10.5 Å². The van der Waals surface area contributed by atoms with Crippen molar-refractivity contribution in [1.29, 1.82) is 0 Å². The first-order valence-electron chi connectivity index (χ1n) is 3.94. The van der Waals surface area contributed by atoms with Gasteiger partial charge in [-0.1, -0.05) is 20.8 Å². The van der Waals surface area contributed by atoms with Crippen molar-refractivity contribution in [2.24, 2.45) is 16.1 Å². The summed E-state index contributed by atoms with van der Waals surface area (Å²) in [5.41, 5.74) is 5.67. The van der Waals surface area contributed by atoms with Gasteiger partial charge in [-0.3, -0.25) is 0 Å². The van der Waals surface area contributed by atoms with E-state index in [-0.39, 0.29) is 6.10 Å². The maximum atomic E-state index is 5.37. The van der Waals surface area contributed by atoms with Crippen molar-refractivity contribution in [3.8, 4) is 0 Å². The van der Waals surface area contributed by atoms with Crippen molar-refractivity contribution in [2.45, 2.75) is 33.3 Å². The number of amidine groups is 1. The maximum absolute atomic E-state index is 5.37. The van der Waals surface area contributed by atoms with Gasteiger partial charge in [0.25, 0.3) is 6.02 Å². The van der Waals surface area contributed by atoms with Crippen LogP contribution >= 0.6 is 0 Å². The molecule has 0 aromatic carbocycles. The Hall–Kier alpha value is -0.730. The maximum Gasteiger partial charge on any atom is 0.282 e. The number of ether oxygens (including phenoxy) is 1. The Morgan fingerprint density at radius 1 is 1.64 bits per heavy atom. The molecule has 2 N–H and O–H groups in total. The lowest BCUT2D eigenvalue weighted by molar-refractivity contribution is 0.159. The van der Waals surface area contributed by atoms with Gasteiger partial charge in [-0.05, 0) is 11.8 Å². The van der Waals surface area contributed by atoms with Crippen LogP contribution in [-0.4, -0.2) is 18.7 Å². The second-order valence-corrected chi connectivity index (χ2v) is 4.18. The Morgan fingerprint density at radius 2 is 2.27 bits per heavy atom. The van der Waals surface area contributed by atoms with Gasteiger partial charge in [0, 0.05) is 0 Å². The SMILES string of the molecule is CC(C)(C)CC1CN=C(N)O1. The fourth-order valence-electron chi connectivity index (χ4n) is 1.23. The molecule has 1 unspecified atom stereocenters. The summed E-state index contributed by atoms with van der Waals surface area (Å²) in [7, 11) is 0. The molecule has 1 heterocycles. The Bertz CT molecular complexity index is 169. The predicted molar refractivity (Wildman–Crippen MR) is 45.4 cm³/mol. The van der Waals surface area contributed by atoms with Crippen LogP contribution in [0.1, 0.15) is 27.2 Å². The summed E-state index contributed by atoms with van der Waals surface area (Å²) < 4.78 is 5.27. The van der Waals surface area contributed by atoms with Crippen molar-refractivity contribution in [3.05, 3.63) is 0 Å². The number of nitrogens with zero attached hydrogens (tertiary/aromatic N) is 1. The fourth-order valence-corrected chi connectivity index (χ4v) is 1.23. The van der Waals surface area contributed by atoms with Crippen molar-refractivity contribution in [2.75, 3.05) is 6.54 Å². The monoisotopic (exact) mass is 156 g/mol. The lowest BCUT2D eigenvalue weighted by Crippen LogP contribution is -2.23. The third-order valence-corrected chi connectivity index (χ3v) is 1.58. The number of nitrogens with two attached hydrogens (primary N) is 1. The second kappa shape index (κ2) is 2.72. The van der Waals surface area contributed by atoms with E-state index >= 15 is 0 Å². The van der Waals surface area contributed by atoms with Crippen LogP contribution in [0, 0.1) is 5.41 Å². The largest absolute Gasteiger partial charge is 0.460 e. The highest BCUT2D eigenvalue weighted by Gasteiger charge is 2.23. The minimum Gasteiger partial charge on any atom is -0.460 e. The Morgan fingerprint density at radius 3 is 2.64 bits per heavy atom. The third-order valence-electron chi connectivity index (χ3n) is 1.58. The van der Waals surface area contributed by atoms with Gasteiger partial charge in [0.2, 0.25) is 0 Å². The van der Waals surface area contributed by atoms with Crippen LogP contribution in [0.15, 0.2) is 4.99 Å². The summed E-state index contributed by atoms with van der Waals surface area (Å²) in [5, 5.41) is 0. The van der Waals surface area contributed by atoms with Gasteiger partial charge in [-0.15, -0.1) is 0 Å². The van der Waals surface area contributed by atoms with Gasteiger partial charge in [-0.25, -0.2) is 4.99 Å². The number of hydrogen-bond donors (Lipinski definition) is 1. The Labute approximate surface area is 67.6 Å². The summed E-state index contributed by atoms with van der Waals surface area (Å²) in [6.07, 6.45) is 1.21. The first-order valence-corrected chi connectivity index (χ1v) is 3.94. The van der Waals surface area contributed by atoms with Gasteiger partial charge >= 0.3 is 0 Å². The number of aliphatic imine (C=N–C) groups is 1. The average molecular weight is 156 g/mol. The van der Waals surface area contributed by atoms with Crippen LogP contribution in [-0.2, 0) is 4.74 Å². The van der Waals surface area contributed by atoms with Crippen LogP contribution in [0.25, 0.3) is 0 Å². The van der Waals surface area contributed by atoms with Gasteiger partial charge in [0.15, 0.2) is 0 Å². The molecule has 0 spiro atoms. The van der Waals surface area contributed by atoms with Crippen molar-refractivity contribution in [1.82, 2.24) is 0 Å². The number of rotatable bonds is 1. The van der Waals surface area contributed by atoms with Crippen LogP contribution in [0.2, 0.25) is 0 Å². The summed E-state index contributed by atoms with van der Waals surface area (Å²) in [6, 6.07) is 0.347. The summed E-state index contributed by atoms with van der Waals surface area (Å²) in [5.74, 6) is 0. The highest BCUT2D eigenvalue weighted by atomic mass is 16.5. The lowest BCUT2D eigenvalue weighted by Gasteiger charge is -2.21. The zero-order valence-corrected chi connectivity index (χ0v) is 7.42. The summed E-state index contributed by atoms with van der Waals surface area (Å²) in [6.45, 7) is 7.28. The highest BCUT2D eigenvalue weighted by molar-refractivity contribution is 5.72. The smallest absolute Gasteiger partial charge is 0.282 e. The molecule has 1 aliphatic rings. The zero-order chi connectivity index (χ0) is 8.48. The molecule has 0 saturated carbocycles. The molecule has 0 saturated heterocycles. The first-order chi connectivity index (χ1) is 4.97. The van der Waals surface area contributed by atoms with E-state index in [9.17, 15) is 0 Å². The van der Waals surface area contributed by atoms with E-state index in [2.05, 4.69) is 25.8 Å². The van der Waals surface area contributed by atoms with Gasteiger partial charge in [-0.2, -0.15) is 0 Å². The van der Waals surface area contributed by atoms with E-state index < -0.39 is 0 Å². The van der Waals surface area contributed by atoms with Crippen molar-refractivity contribution in [3.63, 3.8) is 0 Å². The highest BCUT2D eigenvalue weighted by Crippen LogP contribution is 2.23. The molecule has 0 fully saturated rings. The van der Waals surface area contributed by atoms with E-state index in [1.807, 2.05) is 0 Å². The molecule has 0 aromatic heterocycles. The van der Waals surface area contributed by atoms with E-state index in [1.165, 1.54) is 0 Å². The van der Waals surface area contributed by atoms with E-state index in [1.54, 1.807) is 0 Å². The molecular formula is C8H16N2O. The number of hydrogen-bond acceptors (Lipinski definition) is 3. The minimum absolute atomic E-state index is 0.204. The molecule has 1 atom stereocenters. The van der Waals surface area contributed by atoms with Crippen LogP contribution in [0.4, 0.5) is 0 Å². The molecule has 1 aliphatic heterocycles. The quantitative estimate of drug-likeness (QED) is 0.618. The average Bonchev–Trinajstić information content (AvgIpc) is 2.10. The second-order valence-electron chi connectivity index (χ2n) is 4.18. The standard InChI is InChI=1S/C8H16N2O/c1-8(2,3)4-6-5-10-7(9)11-6/h6H,4-5H2,1-3H3,(H2,9,10). The first kappa shape index (κ1) is 8.37. The normalized spacial score (nSPS) is 24.6. The molecule has 0 bridgehead atoms. The third kappa shape index (κ3) is 2.78. The summed E-state index contributed by atoms with van der Waals surface area (Å²) >= 11 is 0. The van der Waals surface area contributed by atoms with E-state index in [0.29, 0.717) is 11.4 Å². The lowest BCUT2D eigenvalue weighted by atomic mass is 9.89. The molecule has 0 radical (unpaired) electrons. The zero-order valence-electron chi connectivity index (χ0n) is 7.42. The van der Waals surface area contributed by atoms with Crippen LogP contribution in [0.5, 0.6) is 0 Å². The molecular weight excluding hydrogens is 140 g/mol. The molecule has 3 heteroatoms.